The molecule has 2 aliphatic carbocycles. The first-order chi connectivity index (χ1) is 17.1. The van der Waals surface area contributed by atoms with Gasteiger partial charge in [0.15, 0.2) is 0 Å². The number of methoxy groups -OCH3 is 1. The Hall–Kier alpha value is -3.13. The van der Waals surface area contributed by atoms with Crippen molar-refractivity contribution < 1.29 is 9.53 Å². The first-order valence-corrected chi connectivity index (χ1v) is 13.3. The summed E-state index contributed by atoms with van der Waals surface area (Å²) in [5.41, 5.74) is 2.15. The number of nitrogens with zero attached hydrogens (tertiary/aromatic N) is 4. The lowest BCUT2D eigenvalue weighted by Gasteiger charge is -2.36. The smallest absolute Gasteiger partial charge is 0.264 e. The molecule has 3 aliphatic rings. The zero-order valence-electron chi connectivity index (χ0n) is 20.2. The van der Waals surface area contributed by atoms with E-state index in [4.69, 9.17) is 4.74 Å². The average Bonchev–Trinajstić information content (AvgIpc) is 3.62. The van der Waals surface area contributed by atoms with Crippen molar-refractivity contribution in [3.8, 4) is 5.75 Å². The first kappa shape index (κ1) is 22.3. The minimum absolute atomic E-state index is 0.101. The van der Waals surface area contributed by atoms with Gasteiger partial charge in [0.05, 0.1) is 17.4 Å². The Morgan fingerprint density at radius 1 is 1.11 bits per heavy atom. The monoisotopic (exact) mass is 489 g/mol. The number of amides is 1. The van der Waals surface area contributed by atoms with Crippen molar-refractivity contribution in [3.05, 3.63) is 53.2 Å². The van der Waals surface area contributed by atoms with Crippen LogP contribution in [0.3, 0.4) is 0 Å². The fourth-order valence-corrected chi connectivity index (χ4v) is 6.99. The molecule has 0 radical (unpaired) electrons. The fourth-order valence-electron chi connectivity index (χ4n) is 5.87. The zero-order chi connectivity index (χ0) is 23.9. The van der Waals surface area contributed by atoms with E-state index < -0.39 is 0 Å². The molecule has 0 unspecified atom stereocenters. The van der Waals surface area contributed by atoms with Crippen LogP contribution >= 0.6 is 11.3 Å². The van der Waals surface area contributed by atoms with Gasteiger partial charge < -0.3 is 19.9 Å². The molecule has 2 bridgehead atoms. The van der Waals surface area contributed by atoms with Crippen LogP contribution in [-0.2, 0) is 0 Å². The predicted molar refractivity (Wildman–Crippen MR) is 141 cm³/mol. The van der Waals surface area contributed by atoms with Gasteiger partial charge in [-0.2, -0.15) is 0 Å². The summed E-state index contributed by atoms with van der Waals surface area (Å²) in [6, 6.07) is 8.11. The molecule has 1 saturated carbocycles. The summed E-state index contributed by atoms with van der Waals surface area (Å²) in [6.07, 6.45) is 8.94. The highest BCUT2D eigenvalue weighted by molar-refractivity contribution is 7.20. The van der Waals surface area contributed by atoms with E-state index in [1.807, 2.05) is 24.0 Å². The number of carbonyl (C=O) groups is 1. The molecule has 2 fully saturated rings. The maximum Gasteiger partial charge on any atom is 0.264 e. The van der Waals surface area contributed by atoms with Gasteiger partial charge in [-0.25, -0.2) is 9.97 Å². The van der Waals surface area contributed by atoms with E-state index in [9.17, 15) is 4.79 Å². The Kier molecular flexibility index (Phi) is 5.84. The third-order valence-corrected chi connectivity index (χ3v) is 9.06. The van der Waals surface area contributed by atoms with Crippen LogP contribution in [0.4, 0.5) is 11.5 Å². The summed E-state index contributed by atoms with van der Waals surface area (Å²) in [5, 5.41) is 4.60. The Bertz CT molecular complexity index is 1260. The molecule has 35 heavy (non-hydrogen) atoms. The van der Waals surface area contributed by atoms with Crippen molar-refractivity contribution in [1.82, 2.24) is 14.9 Å². The number of ether oxygens (including phenoxy) is 1. The van der Waals surface area contributed by atoms with Crippen LogP contribution in [0.15, 0.2) is 42.7 Å². The van der Waals surface area contributed by atoms with Gasteiger partial charge in [-0.05, 0) is 67.3 Å². The van der Waals surface area contributed by atoms with E-state index in [-0.39, 0.29) is 5.91 Å². The van der Waals surface area contributed by atoms with Crippen molar-refractivity contribution >= 4 is 39.0 Å². The van der Waals surface area contributed by atoms with Gasteiger partial charge in [0.25, 0.3) is 5.91 Å². The van der Waals surface area contributed by atoms with Crippen LogP contribution in [0, 0.1) is 24.7 Å². The Labute approximate surface area is 209 Å². The van der Waals surface area contributed by atoms with E-state index in [1.165, 1.54) is 24.2 Å². The molecule has 1 saturated heterocycles. The summed E-state index contributed by atoms with van der Waals surface area (Å²) in [7, 11) is 1.68. The lowest BCUT2D eigenvalue weighted by Crippen LogP contribution is -2.48. The first-order valence-electron chi connectivity index (χ1n) is 12.4. The standard InChI is InChI=1S/C27H31N5O2S/c1-17-23-25(28-15-20-14-18-3-4-19(20)13-18)29-16-30-26(23)35-24(17)27(33)32-11-9-31(10-12-32)21-5-7-22(34-2)8-6-21/h3-8,16,18-20H,9-15H2,1-2H3,(H,28,29,30)/t18-,19+,20-/m0/s1. The fraction of sp³-hybridized carbons (Fsp3) is 0.444. The number of hydrogen-bond acceptors (Lipinski definition) is 7. The summed E-state index contributed by atoms with van der Waals surface area (Å²) in [5.74, 6) is 3.93. The predicted octanol–water partition coefficient (Wildman–Crippen LogP) is 4.59. The number of anilines is 2. The molecule has 1 N–H and O–H groups in total. The molecule has 1 aliphatic heterocycles. The molecular formula is C27H31N5O2S. The van der Waals surface area contributed by atoms with Crippen LogP contribution in [-0.4, -0.2) is 60.6 Å². The molecule has 1 amide bonds. The highest BCUT2D eigenvalue weighted by atomic mass is 32.1. The number of aromatic nitrogens is 2. The molecule has 0 spiro atoms. The number of thiophene rings is 1. The number of aryl methyl sites for hydroxylation is 1. The third kappa shape index (κ3) is 4.14. The quantitative estimate of drug-likeness (QED) is 0.511. The van der Waals surface area contributed by atoms with Gasteiger partial charge in [0, 0.05) is 38.4 Å². The molecule has 3 aromatic rings. The molecule has 182 valence electrons. The Morgan fingerprint density at radius 2 is 1.91 bits per heavy atom. The van der Waals surface area contributed by atoms with Crippen molar-refractivity contribution in [1.29, 1.82) is 0 Å². The molecule has 6 rings (SSSR count). The van der Waals surface area contributed by atoms with Gasteiger partial charge in [0.2, 0.25) is 0 Å². The normalized spacial score (nSPS) is 23.3. The van der Waals surface area contributed by atoms with Gasteiger partial charge >= 0.3 is 0 Å². The van der Waals surface area contributed by atoms with Crippen LogP contribution in [0.5, 0.6) is 5.75 Å². The van der Waals surface area contributed by atoms with Crippen LogP contribution in [0.2, 0.25) is 0 Å². The second-order valence-electron chi connectivity index (χ2n) is 9.86. The second kappa shape index (κ2) is 9.15. The molecule has 8 heteroatoms. The Morgan fingerprint density at radius 3 is 2.60 bits per heavy atom. The Balaban J connectivity index is 1.15. The topological polar surface area (TPSA) is 70.6 Å². The van der Waals surface area contributed by atoms with E-state index in [2.05, 4.69) is 44.5 Å². The van der Waals surface area contributed by atoms with Crippen molar-refractivity contribution in [2.24, 2.45) is 17.8 Å². The lowest BCUT2D eigenvalue weighted by molar-refractivity contribution is 0.0751. The molecule has 7 nitrogen and oxygen atoms in total. The summed E-state index contributed by atoms with van der Waals surface area (Å²) >= 11 is 1.49. The van der Waals surface area contributed by atoms with Crippen molar-refractivity contribution in [2.45, 2.75) is 19.8 Å². The molecule has 1 aromatic carbocycles. The number of fused-ring (bicyclic) bond motifs is 3. The summed E-state index contributed by atoms with van der Waals surface area (Å²) < 4.78 is 5.26. The molecule has 3 atom stereocenters. The van der Waals surface area contributed by atoms with Crippen LogP contribution < -0.4 is 15.0 Å². The minimum atomic E-state index is 0.101. The number of nitrogens with one attached hydrogen (secondary N) is 1. The molecule has 3 heterocycles. The summed E-state index contributed by atoms with van der Waals surface area (Å²) in [6.45, 7) is 5.98. The third-order valence-electron chi connectivity index (χ3n) is 7.87. The second-order valence-corrected chi connectivity index (χ2v) is 10.9. The minimum Gasteiger partial charge on any atom is -0.497 e. The summed E-state index contributed by atoms with van der Waals surface area (Å²) in [4.78, 5) is 28.5. The maximum absolute atomic E-state index is 13.5. The van der Waals surface area contributed by atoms with Crippen LogP contribution in [0.1, 0.15) is 28.1 Å². The van der Waals surface area contributed by atoms with Gasteiger partial charge in [0.1, 0.15) is 22.7 Å². The average molecular weight is 490 g/mol. The van der Waals surface area contributed by atoms with Gasteiger partial charge in [-0.3, -0.25) is 4.79 Å². The maximum atomic E-state index is 13.5. The SMILES string of the molecule is COc1ccc(N2CCN(C(=O)c3sc4ncnc(NC[C@@H]5C[C@H]6C=C[C@@H]5C6)c4c3C)CC2)cc1. The molecule has 2 aromatic heterocycles. The van der Waals surface area contributed by atoms with E-state index in [0.717, 1.165) is 63.5 Å². The van der Waals surface area contributed by atoms with Crippen molar-refractivity contribution in [3.63, 3.8) is 0 Å². The number of hydrogen-bond donors (Lipinski definition) is 1. The zero-order valence-corrected chi connectivity index (χ0v) is 21.1. The van der Waals surface area contributed by atoms with E-state index in [1.54, 1.807) is 13.4 Å². The number of benzene rings is 1. The largest absolute Gasteiger partial charge is 0.497 e. The van der Waals surface area contributed by atoms with Gasteiger partial charge in [-0.15, -0.1) is 11.3 Å². The van der Waals surface area contributed by atoms with E-state index in [0.29, 0.717) is 24.9 Å². The lowest BCUT2D eigenvalue weighted by atomic mass is 9.93. The van der Waals surface area contributed by atoms with Crippen molar-refractivity contribution in [2.75, 3.05) is 50.1 Å². The molecular weight excluding hydrogens is 458 g/mol. The number of rotatable bonds is 6. The van der Waals surface area contributed by atoms with Crippen LogP contribution in [0.25, 0.3) is 10.2 Å². The highest BCUT2D eigenvalue weighted by Crippen LogP contribution is 2.43. The highest BCUT2D eigenvalue weighted by Gasteiger charge is 2.35. The van der Waals surface area contributed by atoms with Gasteiger partial charge in [-0.1, -0.05) is 12.2 Å². The number of carbonyl (C=O) groups excluding carboxylic acids is 1. The number of piperazine rings is 1. The van der Waals surface area contributed by atoms with E-state index >= 15 is 0 Å². The number of allylic oxidation sites excluding steroid dienone is 2.